The molecule has 2 aromatic heterocycles. The summed E-state index contributed by atoms with van der Waals surface area (Å²) < 4.78 is 16.5. The second kappa shape index (κ2) is 6.87. The van der Waals surface area contributed by atoms with Crippen molar-refractivity contribution in [2.24, 2.45) is 11.3 Å². The first kappa shape index (κ1) is 19.0. The first-order chi connectivity index (χ1) is 15.0. The van der Waals surface area contributed by atoms with Gasteiger partial charge in [-0.3, -0.25) is 0 Å². The molecule has 0 spiro atoms. The van der Waals surface area contributed by atoms with Gasteiger partial charge < -0.3 is 5.11 Å². The van der Waals surface area contributed by atoms with Crippen molar-refractivity contribution in [1.82, 2.24) is 9.78 Å². The Kier molecular flexibility index (Phi) is 4.20. The monoisotopic (exact) mass is 430 g/mol. The summed E-state index contributed by atoms with van der Waals surface area (Å²) in [5.41, 5.74) is 5.47. The van der Waals surface area contributed by atoms with Crippen LogP contribution in [0.5, 0.6) is 0 Å². The number of aliphatic hydroxyl groups excluding tert-OH is 1. The summed E-state index contributed by atoms with van der Waals surface area (Å²) in [4.78, 5) is 0. The number of rotatable bonds is 3. The summed E-state index contributed by atoms with van der Waals surface area (Å²) >= 11 is 1.71. The molecule has 4 aromatic rings. The number of allylic oxidation sites excluding steroid dienone is 1. The highest BCUT2D eigenvalue weighted by Gasteiger charge is 2.48. The van der Waals surface area contributed by atoms with E-state index < -0.39 is 6.10 Å². The highest BCUT2D eigenvalue weighted by Crippen LogP contribution is 2.57. The van der Waals surface area contributed by atoms with Crippen molar-refractivity contribution < 1.29 is 9.50 Å². The highest BCUT2D eigenvalue weighted by atomic mass is 32.1. The van der Waals surface area contributed by atoms with Crippen molar-refractivity contribution in [3.63, 3.8) is 0 Å². The summed E-state index contributed by atoms with van der Waals surface area (Å²) in [6.07, 6.45) is 6.52. The van der Waals surface area contributed by atoms with Gasteiger partial charge in [0.2, 0.25) is 0 Å². The van der Waals surface area contributed by atoms with Crippen LogP contribution in [0, 0.1) is 17.2 Å². The molecule has 3 atom stereocenters. The molecule has 156 valence electrons. The van der Waals surface area contributed by atoms with Crippen LogP contribution >= 0.6 is 11.3 Å². The van der Waals surface area contributed by atoms with Crippen LogP contribution in [0.15, 0.2) is 65.7 Å². The molecule has 0 bridgehead atoms. The maximum Gasteiger partial charge on any atom is 0.123 e. The number of nitrogens with zero attached hydrogens (tertiary/aromatic N) is 2. The smallest absolute Gasteiger partial charge is 0.123 e. The van der Waals surface area contributed by atoms with Gasteiger partial charge in [-0.25, -0.2) is 9.07 Å². The fourth-order valence-corrected chi connectivity index (χ4v) is 6.61. The Morgan fingerprint density at radius 3 is 2.84 bits per heavy atom. The van der Waals surface area contributed by atoms with Gasteiger partial charge in [0, 0.05) is 4.70 Å². The van der Waals surface area contributed by atoms with Crippen LogP contribution in [0.25, 0.3) is 21.8 Å². The number of hydrogen-bond acceptors (Lipinski definition) is 3. The highest BCUT2D eigenvalue weighted by molar-refractivity contribution is 7.17. The van der Waals surface area contributed by atoms with E-state index in [4.69, 9.17) is 0 Å². The molecular weight excluding hydrogens is 407 g/mol. The van der Waals surface area contributed by atoms with Crippen molar-refractivity contribution in [3.05, 3.63) is 88.3 Å². The second-order valence-electron chi connectivity index (χ2n) is 8.98. The number of benzene rings is 2. The molecule has 1 fully saturated rings. The molecule has 1 saturated carbocycles. The number of hydrogen-bond donors (Lipinski definition) is 1. The molecule has 3 nitrogen and oxygen atoms in total. The van der Waals surface area contributed by atoms with Gasteiger partial charge in [0.05, 0.1) is 23.7 Å². The summed E-state index contributed by atoms with van der Waals surface area (Å²) in [5.74, 6) is -0.0802. The molecule has 0 amide bonds. The third-order valence-corrected chi connectivity index (χ3v) is 8.30. The third-order valence-electron chi connectivity index (χ3n) is 7.31. The Hall–Kier alpha value is -2.76. The first-order valence-corrected chi connectivity index (χ1v) is 11.6. The van der Waals surface area contributed by atoms with E-state index in [1.165, 1.54) is 33.4 Å². The largest absolute Gasteiger partial charge is 0.388 e. The van der Waals surface area contributed by atoms with Gasteiger partial charge in [0.15, 0.2) is 0 Å². The van der Waals surface area contributed by atoms with E-state index in [9.17, 15) is 9.50 Å². The van der Waals surface area contributed by atoms with Gasteiger partial charge in [-0.1, -0.05) is 30.7 Å². The molecule has 0 saturated heterocycles. The lowest BCUT2D eigenvalue weighted by Crippen LogP contribution is -2.32. The van der Waals surface area contributed by atoms with Gasteiger partial charge in [0.1, 0.15) is 5.82 Å². The fraction of sp³-hybridized carbons (Fsp3) is 0.269. The Morgan fingerprint density at radius 1 is 1.19 bits per heavy atom. The zero-order chi connectivity index (χ0) is 21.2. The normalized spacial score (nSPS) is 23.5. The molecule has 2 heterocycles. The van der Waals surface area contributed by atoms with E-state index in [0.717, 1.165) is 36.2 Å². The molecule has 1 N–H and O–H groups in total. The third kappa shape index (κ3) is 2.83. The lowest BCUT2D eigenvalue weighted by Gasteiger charge is -2.38. The first-order valence-electron chi connectivity index (χ1n) is 10.7. The minimum atomic E-state index is -0.485. The van der Waals surface area contributed by atoms with Crippen molar-refractivity contribution in [1.29, 1.82) is 0 Å². The van der Waals surface area contributed by atoms with Crippen LogP contribution < -0.4 is 0 Å². The van der Waals surface area contributed by atoms with Crippen molar-refractivity contribution in [3.8, 4) is 5.69 Å². The molecule has 31 heavy (non-hydrogen) atoms. The average molecular weight is 431 g/mol. The molecule has 0 unspecified atom stereocenters. The van der Waals surface area contributed by atoms with E-state index in [2.05, 4.69) is 35.6 Å². The summed E-state index contributed by atoms with van der Waals surface area (Å²) in [5, 5.41) is 19.4. The van der Waals surface area contributed by atoms with Gasteiger partial charge >= 0.3 is 0 Å². The zero-order valence-corrected chi connectivity index (χ0v) is 18.1. The van der Waals surface area contributed by atoms with Crippen LogP contribution in [0.1, 0.15) is 42.7 Å². The average Bonchev–Trinajstić information content (AvgIpc) is 3.46. The summed E-state index contributed by atoms with van der Waals surface area (Å²) in [6.45, 7) is 2.30. The molecule has 6 rings (SSSR count). The number of fused-ring (bicyclic) bond motifs is 3. The predicted molar refractivity (Wildman–Crippen MR) is 123 cm³/mol. The van der Waals surface area contributed by atoms with Gasteiger partial charge in [-0.05, 0) is 88.9 Å². The standard InChI is InChI=1S/C26H23FN2OS/c1-26-13-16-14-28-29(19-9-7-18(27)8-10-19)23(16)12-17(26)6-11-22(26)25(30)21-15-31-24-5-3-2-4-20(21)24/h2-5,7-10,12,14-15,22,25,30H,6,11,13H2,1H3/t22-,25+,26+/m1/s1. The molecule has 2 aromatic carbocycles. The Bertz CT molecular complexity index is 1320. The van der Waals surface area contributed by atoms with Gasteiger partial charge in [0.25, 0.3) is 0 Å². The Morgan fingerprint density at radius 2 is 2.00 bits per heavy atom. The molecule has 0 radical (unpaired) electrons. The lowest BCUT2D eigenvalue weighted by atomic mass is 9.67. The summed E-state index contributed by atoms with van der Waals surface area (Å²) in [7, 11) is 0. The fourth-order valence-electron chi connectivity index (χ4n) is 5.62. The number of aliphatic hydroxyl groups is 1. The van der Waals surface area contributed by atoms with Crippen LogP contribution in [0.4, 0.5) is 4.39 Å². The minimum Gasteiger partial charge on any atom is -0.388 e. The lowest BCUT2D eigenvalue weighted by molar-refractivity contribution is 0.0569. The molecule has 2 aliphatic carbocycles. The Balaban J connectivity index is 1.37. The SMILES string of the molecule is C[C@]12Cc3cnn(-c4ccc(F)cc4)c3C=C1CC[C@@H]2[C@@H](O)c1csc2ccccc12. The van der Waals surface area contributed by atoms with Gasteiger partial charge in [-0.15, -0.1) is 11.3 Å². The topological polar surface area (TPSA) is 38.0 Å². The van der Waals surface area contributed by atoms with Crippen LogP contribution in [0.2, 0.25) is 0 Å². The maximum atomic E-state index is 13.4. The van der Waals surface area contributed by atoms with E-state index >= 15 is 0 Å². The van der Waals surface area contributed by atoms with Crippen LogP contribution in [-0.4, -0.2) is 14.9 Å². The second-order valence-corrected chi connectivity index (χ2v) is 9.90. The molecule has 2 aliphatic rings. The predicted octanol–water partition coefficient (Wildman–Crippen LogP) is 6.32. The van der Waals surface area contributed by atoms with Crippen molar-refractivity contribution in [2.45, 2.75) is 32.3 Å². The van der Waals surface area contributed by atoms with Crippen molar-refractivity contribution >= 4 is 27.5 Å². The minimum absolute atomic E-state index is 0.0912. The number of thiophene rings is 1. The molecule has 5 heteroatoms. The van der Waals surface area contributed by atoms with E-state index in [1.54, 1.807) is 23.5 Å². The summed E-state index contributed by atoms with van der Waals surface area (Å²) in [6, 6.07) is 14.8. The molecular formula is C26H23FN2OS. The quantitative estimate of drug-likeness (QED) is 0.413. The Labute approximate surface area is 184 Å². The van der Waals surface area contributed by atoms with E-state index in [0.29, 0.717) is 0 Å². The number of aromatic nitrogens is 2. The van der Waals surface area contributed by atoms with Crippen LogP contribution in [0.3, 0.4) is 0 Å². The zero-order valence-electron chi connectivity index (χ0n) is 17.3. The van der Waals surface area contributed by atoms with Crippen molar-refractivity contribution in [2.75, 3.05) is 0 Å². The maximum absolute atomic E-state index is 13.4. The van der Waals surface area contributed by atoms with E-state index in [-0.39, 0.29) is 17.2 Å². The van der Waals surface area contributed by atoms with Crippen LogP contribution in [-0.2, 0) is 6.42 Å². The number of halogens is 1. The molecule has 0 aliphatic heterocycles. The van der Waals surface area contributed by atoms with Gasteiger partial charge in [-0.2, -0.15) is 5.10 Å². The van der Waals surface area contributed by atoms with E-state index in [1.807, 2.05) is 23.0 Å².